The number of guanidine groups is 1. The molecule has 2 rings (SSSR count). The van der Waals surface area contributed by atoms with E-state index in [2.05, 4.69) is 54.6 Å². The van der Waals surface area contributed by atoms with Crippen LogP contribution >= 0.6 is 0 Å². The summed E-state index contributed by atoms with van der Waals surface area (Å²) in [4.78, 5) is 8.39. The van der Waals surface area contributed by atoms with Crippen molar-refractivity contribution in [3.05, 3.63) is 0 Å². The second kappa shape index (κ2) is 2.97. The normalized spacial score (nSPS) is 20.2. The van der Waals surface area contributed by atoms with Gasteiger partial charge in [0, 0.05) is 0 Å². The van der Waals surface area contributed by atoms with Gasteiger partial charge in [0.05, 0.1) is 5.54 Å². The van der Waals surface area contributed by atoms with Gasteiger partial charge < -0.3 is 0 Å². The Labute approximate surface area is 91.7 Å². The molecule has 0 atom stereocenters. The van der Waals surface area contributed by atoms with Gasteiger partial charge in [0.1, 0.15) is 13.0 Å². The summed E-state index contributed by atoms with van der Waals surface area (Å²) < 4.78 is 0. The van der Waals surface area contributed by atoms with E-state index in [4.69, 9.17) is 0 Å². The lowest BCUT2D eigenvalue weighted by molar-refractivity contribution is 0.117. The predicted molar refractivity (Wildman–Crippen MR) is 62.6 cm³/mol. The van der Waals surface area contributed by atoms with Crippen LogP contribution in [0.4, 0.5) is 0 Å². The molecule has 2 aliphatic heterocycles. The van der Waals surface area contributed by atoms with Gasteiger partial charge in [0.25, 0.3) is 0 Å². The molecule has 0 N–H and O–H groups in total. The fraction of sp³-hybridized carbons (Fsp3) is 0.818. The van der Waals surface area contributed by atoms with Crippen LogP contribution in [0.25, 0.3) is 0 Å². The molecule has 0 aromatic heterocycles. The third kappa shape index (κ3) is 1.98. The largest absolute Gasteiger partial charge is 0.250 e. The van der Waals surface area contributed by atoms with Crippen LogP contribution in [0.2, 0.25) is 0 Å². The van der Waals surface area contributed by atoms with E-state index in [0.717, 1.165) is 19.0 Å². The highest BCUT2D eigenvalue weighted by molar-refractivity contribution is 5.97. The molecule has 0 amide bonds. The van der Waals surface area contributed by atoms with E-state index >= 15 is 0 Å². The maximum Gasteiger partial charge on any atom is 0.243 e. The number of fused-ring (bicyclic) bond motifs is 1. The van der Waals surface area contributed by atoms with E-state index in [1.54, 1.807) is 6.34 Å². The van der Waals surface area contributed by atoms with Crippen molar-refractivity contribution in [3.63, 3.8) is 0 Å². The average Bonchev–Trinajstić information content (AvgIpc) is 2.72. The Morgan fingerprint density at radius 1 is 1.27 bits per heavy atom. The van der Waals surface area contributed by atoms with Crippen molar-refractivity contribution in [2.45, 2.75) is 46.6 Å². The molecule has 0 spiro atoms. The van der Waals surface area contributed by atoms with E-state index in [0.29, 0.717) is 5.41 Å². The molecule has 84 valence electrons. The highest BCUT2D eigenvalue weighted by Gasteiger charge is 2.50. The number of nitrogens with zero attached hydrogens (tertiary/aromatic N) is 4. The maximum absolute atomic E-state index is 4.26. The van der Waals surface area contributed by atoms with Gasteiger partial charge in [-0.1, -0.05) is 20.8 Å². The van der Waals surface area contributed by atoms with E-state index in [1.165, 1.54) is 0 Å². The monoisotopic (exact) mass is 208 g/mol. The first-order valence-electron chi connectivity index (χ1n) is 5.45. The number of hydrogen-bond donors (Lipinski definition) is 0. The van der Waals surface area contributed by atoms with Crippen molar-refractivity contribution in [1.82, 2.24) is 10.0 Å². The second-order valence-electron chi connectivity index (χ2n) is 6.13. The molecule has 1 saturated heterocycles. The smallest absolute Gasteiger partial charge is 0.243 e. The molecule has 0 radical (unpaired) electrons. The molecule has 15 heavy (non-hydrogen) atoms. The third-order valence-electron chi connectivity index (χ3n) is 2.63. The quantitative estimate of drug-likeness (QED) is 0.651. The molecule has 0 aromatic carbocycles. The van der Waals surface area contributed by atoms with Crippen LogP contribution in [0.1, 0.15) is 41.0 Å². The lowest BCUT2D eigenvalue weighted by Crippen LogP contribution is -2.37. The molecule has 2 aliphatic rings. The van der Waals surface area contributed by atoms with Crippen molar-refractivity contribution in [1.29, 1.82) is 0 Å². The molecule has 4 heteroatoms. The predicted octanol–water partition coefficient (Wildman–Crippen LogP) is 2.09. The Balaban J connectivity index is 2.06. The number of aliphatic imine (C=N–C) groups is 2. The molecule has 4 nitrogen and oxygen atoms in total. The highest BCUT2D eigenvalue weighted by Crippen LogP contribution is 2.39. The van der Waals surface area contributed by atoms with Crippen LogP contribution in [0.15, 0.2) is 9.98 Å². The first kappa shape index (κ1) is 10.5. The summed E-state index contributed by atoms with van der Waals surface area (Å²) in [5.74, 6) is 1.07. The van der Waals surface area contributed by atoms with Crippen molar-refractivity contribution >= 4 is 12.3 Å². The number of hydrogen-bond acceptors (Lipinski definition) is 4. The van der Waals surface area contributed by atoms with E-state index in [9.17, 15) is 0 Å². The molecule has 0 unspecified atom stereocenters. The highest BCUT2D eigenvalue weighted by atomic mass is 15.9. The fourth-order valence-corrected chi connectivity index (χ4v) is 2.59. The lowest BCUT2D eigenvalue weighted by atomic mass is 9.82. The van der Waals surface area contributed by atoms with Crippen LogP contribution in [0, 0.1) is 5.41 Å². The van der Waals surface area contributed by atoms with E-state index in [1.807, 2.05) is 0 Å². The Hall–Kier alpha value is -1.06. The van der Waals surface area contributed by atoms with Gasteiger partial charge in [-0.15, -0.1) is 0 Å². The van der Waals surface area contributed by atoms with Gasteiger partial charge in [-0.25, -0.2) is 20.0 Å². The zero-order chi connectivity index (χ0) is 11.3. The SMILES string of the molecule is CC(C)(C)CC(C)(C)N1C2=NC=NCN21. The Morgan fingerprint density at radius 2 is 1.93 bits per heavy atom. The number of hydrazine groups is 1. The molecule has 0 saturated carbocycles. The van der Waals surface area contributed by atoms with Gasteiger partial charge in [0.15, 0.2) is 0 Å². The number of rotatable bonds is 2. The summed E-state index contributed by atoms with van der Waals surface area (Å²) in [6.07, 6.45) is 2.79. The minimum atomic E-state index is 0.130. The zero-order valence-corrected chi connectivity index (χ0v) is 10.3. The van der Waals surface area contributed by atoms with Crippen LogP contribution in [0.5, 0.6) is 0 Å². The lowest BCUT2D eigenvalue weighted by Gasteiger charge is -2.33. The van der Waals surface area contributed by atoms with Gasteiger partial charge in [-0.05, 0) is 25.7 Å². The molecular weight excluding hydrogens is 188 g/mol. The molecule has 2 heterocycles. The first-order valence-corrected chi connectivity index (χ1v) is 5.45. The Kier molecular flexibility index (Phi) is 2.07. The summed E-state index contributed by atoms with van der Waals surface area (Å²) >= 11 is 0. The molecule has 0 aromatic rings. The fourth-order valence-electron chi connectivity index (χ4n) is 2.59. The van der Waals surface area contributed by atoms with Crippen molar-refractivity contribution in [3.8, 4) is 0 Å². The van der Waals surface area contributed by atoms with Gasteiger partial charge in [0.2, 0.25) is 5.96 Å². The molecule has 0 aliphatic carbocycles. The molecular formula is C11H20N4. The van der Waals surface area contributed by atoms with E-state index < -0.39 is 0 Å². The third-order valence-corrected chi connectivity index (χ3v) is 2.63. The Morgan fingerprint density at radius 3 is 2.40 bits per heavy atom. The zero-order valence-electron chi connectivity index (χ0n) is 10.3. The maximum atomic E-state index is 4.26. The van der Waals surface area contributed by atoms with Crippen LogP contribution in [-0.4, -0.2) is 34.5 Å². The van der Waals surface area contributed by atoms with E-state index in [-0.39, 0.29) is 5.54 Å². The summed E-state index contributed by atoms with van der Waals surface area (Å²) in [5.41, 5.74) is 0.461. The standard InChI is InChI=1S/C11H20N4/c1-10(2,3)6-11(4,5)15-9-13-7-12-8-14(9)15/h7H,6,8H2,1-5H3. The summed E-state index contributed by atoms with van der Waals surface area (Å²) in [5, 5.41) is 4.39. The van der Waals surface area contributed by atoms with Gasteiger partial charge in [-0.2, -0.15) is 0 Å². The topological polar surface area (TPSA) is 30.7 Å². The second-order valence-corrected chi connectivity index (χ2v) is 6.13. The van der Waals surface area contributed by atoms with Crippen LogP contribution in [-0.2, 0) is 0 Å². The van der Waals surface area contributed by atoms with Crippen molar-refractivity contribution in [2.75, 3.05) is 6.67 Å². The average molecular weight is 208 g/mol. The Bertz CT molecular complexity index is 322. The first-order chi connectivity index (χ1) is 6.81. The van der Waals surface area contributed by atoms with Crippen LogP contribution < -0.4 is 0 Å². The summed E-state index contributed by atoms with van der Waals surface area (Å²) in [7, 11) is 0. The molecule has 0 bridgehead atoms. The molecule has 1 fully saturated rings. The van der Waals surface area contributed by atoms with Gasteiger partial charge >= 0.3 is 0 Å². The van der Waals surface area contributed by atoms with Crippen LogP contribution in [0.3, 0.4) is 0 Å². The minimum Gasteiger partial charge on any atom is -0.250 e. The van der Waals surface area contributed by atoms with Crippen molar-refractivity contribution in [2.24, 2.45) is 15.4 Å². The van der Waals surface area contributed by atoms with Crippen molar-refractivity contribution < 1.29 is 0 Å². The van der Waals surface area contributed by atoms with Gasteiger partial charge in [-0.3, -0.25) is 0 Å². The summed E-state index contributed by atoms with van der Waals surface area (Å²) in [6, 6.07) is 0. The minimum absolute atomic E-state index is 0.130. The summed E-state index contributed by atoms with van der Waals surface area (Å²) in [6.45, 7) is 12.1.